The van der Waals surface area contributed by atoms with Crippen LogP contribution in [0.4, 0.5) is 0 Å². The summed E-state index contributed by atoms with van der Waals surface area (Å²) in [5, 5.41) is 4.24. The van der Waals surface area contributed by atoms with Crippen LogP contribution < -0.4 is 5.32 Å². The van der Waals surface area contributed by atoms with E-state index >= 15 is 0 Å². The number of benzene rings is 3. The molecule has 0 spiro atoms. The molecule has 0 aliphatic heterocycles. The Kier molecular flexibility index (Phi) is 5.70. The van der Waals surface area contributed by atoms with E-state index in [1.807, 2.05) is 18.2 Å². The SMILES string of the molecule is CCC(NC(=O)c1ccc2c(ccn2Cc2ccccc2-c2cccc(C)c2)c1)C1=CC=C1. The van der Waals surface area contributed by atoms with Gasteiger partial charge in [0.25, 0.3) is 5.91 Å². The fraction of sp³-hybridized carbons (Fsp3) is 0.167. The second-order valence-corrected chi connectivity index (χ2v) is 8.70. The van der Waals surface area contributed by atoms with Gasteiger partial charge in [0.05, 0.1) is 6.04 Å². The highest BCUT2D eigenvalue weighted by Crippen LogP contribution is 2.27. The van der Waals surface area contributed by atoms with Gasteiger partial charge in [-0.3, -0.25) is 4.79 Å². The number of carbonyl (C=O) groups is 1. The second kappa shape index (κ2) is 8.95. The summed E-state index contributed by atoms with van der Waals surface area (Å²) in [4.78, 5) is 12.9. The van der Waals surface area contributed by atoms with Crippen LogP contribution in [0.5, 0.6) is 0 Å². The Morgan fingerprint density at radius 3 is 2.61 bits per heavy atom. The van der Waals surface area contributed by atoms with Gasteiger partial charge in [-0.15, -0.1) is 0 Å². The van der Waals surface area contributed by atoms with Crippen LogP contribution in [-0.4, -0.2) is 16.5 Å². The molecule has 1 unspecified atom stereocenters. The summed E-state index contributed by atoms with van der Waals surface area (Å²) in [6.45, 7) is 5.00. The standard InChI is InChI=1S/C30H28N2O/c1-3-28(22-10-7-11-22)31-30(33)25-14-15-29-24(19-25)16-17-32(29)20-26-9-4-5-13-27(26)23-12-6-8-21(2)18-23/h4-19,28H,3,20H2,1-2H3,(H,31,33). The molecular weight excluding hydrogens is 404 g/mol. The normalized spacial score (nSPS) is 13.5. The number of rotatable bonds is 7. The first kappa shape index (κ1) is 21.0. The lowest BCUT2D eigenvalue weighted by atomic mass is 9.97. The topological polar surface area (TPSA) is 34.0 Å². The first-order valence-electron chi connectivity index (χ1n) is 11.6. The van der Waals surface area contributed by atoms with Crippen LogP contribution in [0.3, 0.4) is 0 Å². The van der Waals surface area contributed by atoms with E-state index in [1.165, 1.54) is 27.8 Å². The number of hydrogen-bond acceptors (Lipinski definition) is 1. The number of allylic oxidation sites excluding steroid dienone is 2. The maximum absolute atomic E-state index is 12.9. The molecule has 1 aromatic heterocycles. The quantitative estimate of drug-likeness (QED) is 0.348. The molecule has 0 bridgehead atoms. The fourth-order valence-corrected chi connectivity index (χ4v) is 4.52. The molecule has 1 atom stereocenters. The molecule has 0 saturated heterocycles. The van der Waals surface area contributed by atoms with Crippen molar-refractivity contribution in [1.29, 1.82) is 0 Å². The van der Waals surface area contributed by atoms with Crippen molar-refractivity contribution in [2.45, 2.75) is 32.9 Å². The molecule has 3 aromatic carbocycles. The molecule has 1 amide bonds. The highest BCUT2D eigenvalue weighted by Gasteiger charge is 2.17. The van der Waals surface area contributed by atoms with Crippen molar-refractivity contribution >= 4 is 16.8 Å². The lowest BCUT2D eigenvalue weighted by Crippen LogP contribution is -2.36. The molecule has 0 fully saturated rings. The molecule has 5 rings (SSSR count). The lowest BCUT2D eigenvalue weighted by Gasteiger charge is -2.21. The van der Waals surface area contributed by atoms with Crippen LogP contribution in [-0.2, 0) is 6.54 Å². The van der Waals surface area contributed by atoms with Gasteiger partial charge in [-0.2, -0.15) is 0 Å². The maximum Gasteiger partial charge on any atom is 0.251 e. The summed E-state index contributed by atoms with van der Waals surface area (Å²) in [5.74, 6) is -0.0255. The Hall–Kier alpha value is -3.85. The fourth-order valence-electron chi connectivity index (χ4n) is 4.52. The number of nitrogens with one attached hydrogen (secondary N) is 1. The van der Waals surface area contributed by atoms with E-state index < -0.39 is 0 Å². The van der Waals surface area contributed by atoms with Crippen molar-refractivity contribution in [1.82, 2.24) is 9.88 Å². The van der Waals surface area contributed by atoms with Gasteiger partial charge in [0.2, 0.25) is 0 Å². The number of aryl methyl sites for hydroxylation is 1. The third kappa shape index (κ3) is 4.27. The molecule has 0 radical (unpaired) electrons. The number of fused-ring (bicyclic) bond motifs is 1. The molecule has 1 N–H and O–H groups in total. The average Bonchev–Trinajstić information content (AvgIpc) is 3.19. The Morgan fingerprint density at radius 1 is 1.00 bits per heavy atom. The number of aromatic nitrogens is 1. The van der Waals surface area contributed by atoms with Crippen molar-refractivity contribution < 1.29 is 4.79 Å². The van der Waals surface area contributed by atoms with Crippen LogP contribution >= 0.6 is 0 Å². The number of amides is 1. The van der Waals surface area contributed by atoms with E-state index in [0.717, 1.165) is 23.9 Å². The molecular formula is C30H28N2O. The Bertz CT molecular complexity index is 1390. The van der Waals surface area contributed by atoms with Gasteiger partial charge in [0.15, 0.2) is 0 Å². The van der Waals surface area contributed by atoms with Gasteiger partial charge in [-0.25, -0.2) is 0 Å². The summed E-state index contributed by atoms with van der Waals surface area (Å²) in [6, 6.07) is 25.4. The summed E-state index contributed by atoms with van der Waals surface area (Å²) < 4.78 is 2.25. The highest BCUT2D eigenvalue weighted by atomic mass is 16.1. The van der Waals surface area contributed by atoms with E-state index in [0.29, 0.717) is 5.56 Å². The zero-order valence-corrected chi connectivity index (χ0v) is 19.1. The van der Waals surface area contributed by atoms with E-state index in [-0.39, 0.29) is 11.9 Å². The molecule has 164 valence electrons. The monoisotopic (exact) mass is 432 g/mol. The summed E-state index contributed by atoms with van der Waals surface area (Å²) in [5.41, 5.74) is 8.03. The van der Waals surface area contributed by atoms with Crippen molar-refractivity contribution in [2.75, 3.05) is 0 Å². The maximum atomic E-state index is 12.9. The molecule has 4 aromatic rings. The summed E-state index contributed by atoms with van der Waals surface area (Å²) >= 11 is 0. The van der Waals surface area contributed by atoms with Gasteiger partial charge in [0.1, 0.15) is 0 Å². The van der Waals surface area contributed by atoms with Crippen LogP contribution in [0.2, 0.25) is 0 Å². The molecule has 1 heterocycles. The largest absolute Gasteiger partial charge is 0.345 e. The van der Waals surface area contributed by atoms with Crippen molar-refractivity contribution in [3.05, 3.63) is 119 Å². The predicted molar refractivity (Wildman–Crippen MR) is 136 cm³/mol. The second-order valence-electron chi connectivity index (χ2n) is 8.70. The van der Waals surface area contributed by atoms with Gasteiger partial charge in [-0.1, -0.05) is 79.2 Å². The zero-order chi connectivity index (χ0) is 22.8. The van der Waals surface area contributed by atoms with Crippen molar-refractivity contribution in [3.8, 4) is 11.1 Å². The minimum Gasteiger partial charge on any atom is -0.345 e. The number of nitrogens with zero attached hydrogens (tertiary/aromatic N) is 1. The van der Waals surface area contributed by atoms with E-state index in [9.17, 15) is 4.79 Å². The average molecular weight is 433 g/mol. The summed E-state index contributed by atoms with van der Waals surface area (Å²) in [7, 11) is 0. The molecule has 1 aliphatic rings. The van der Waals surface area contributed by atoms with E-state index in [1.54, 1.807) is 0 Å². The van der Waals surface area contributed by atoms with Crippen LogP contribution in [0.1, 0.15) is 34.8 Å². The molecule has 3 nitrogen and oxygen atoms in total. The predicted octanol–water partition coefficient (Wildman–Crippen LogP) is 6.67. The van der Waals surface area contributed by atoms with E-state index in [2.05, 4.69) is 103 Å². The van der Waals surface area contributed by atoms with Crippen LogP contribution in [0, 0.1) is 6.92 Å². The lowest BCUT2D eigenvalue weighted by molar-refractivity contribution is 0.0942. The highest BCUT2D eigenvalue weighted by molar-refractivity contribution is 5.98. The smallest absolute Gasteiger partial charge is 0.251 e. The van der Waals surface area contributed by atoms with Crippen LogP contribution in [0.15, 0.2) is 103 Å². The van der Waals surface area contributed by atoms with Crippen molar-refractivity contribution in [2.24, 2.45) is 0 Å². The van der Waals surface area contributed by atoms with Gasteiger partial charge >= 0.3 is 0 Å². The van der Waals surface area contributed by atoms with Gasteiger partial charge < -0.3 is 9.88 Å². The Labute approximate surface area is 195 Å². The first-order valence-corrected chi connectivity index (χ1v) is 11.6. The number of hydrogen-bond donors (Lipinski definition) is 1. The molecule has 3 heteroatoms. The molecule has 0 saturated carbocycles. The van der Waals surface area contributed by atoms with Gasteiger partial charge in [-0.05, 0) is 59.9 Å². The molecule has 1 aliphatic carbocycles. The first-order chi connectivity index (χ1) is 16.1. The van der Waals surface area contributed by atoms with E-state index in [4.69, 9.17) is 0 Å². The molecule has 33 heavy (non-hydrogen) atoms. The third-order valence-corrected chi connectivity index (χ3v) is 6.41. The van der Waals surface area contributed by atoms with Crippen LogP contribution in [0.25, 0.3) is 22.0 Å². The minimum atomic E-state index is -0.0255. The number of carbonyl (C=O) groups excluding carboxylic acids is 1. The zero-order valence-electron chi connectivity index (χ0n) is 19.1. The third-order valence-electron chi connectivity index (χ3n) is 6.41. The van der Waals surface area contributed by atoms with Crippen molar-refractivity contribution in [3.63, 3.8) is 0 Å². The minimum absolute atomic E-state index is 0.0255. The summed E-state index contributed by atoms with van der Waals surface area (Å²) in [6.07, 6.45) is 9.12. The Balaban J connectivity index is 1.40. The van der Waals surface area contributed by atoms with Gasteiger partial charge in [0, 0.05) is 29.2 Å². The Morgan fingerprint density at radius 2 is 1.85 bits per heavy atom.